The first kappa shape index (κ1) is 22.1. The molecule has 7 nitrogen and oxygen atoms in total. The molecule has 0 spiro atoms. The molecule has 30 heavy (non-hydrogen) atoms. The maximum atomic E-state index is 13.2. The lowest BCUT2D eigenvalue weighted by atomic mass is 9.95. The summed E-state index contributed by atoms with van der Waals surface area (Å²) in [5.74, 6) is -0.185. The topological polar surface area (TPSA) is 81.8 Å². The number of anilines is 1. The lowest BCUT2D eigenvalue weighted by Crippen LogP contribution is -2.55. The summed E-state index contributed by atoms with van der Waals surface area (Å²) >= 11 is 0. The van der Waals surface area contributed by atoms with Gasteiger partial charge in [-0.15, -0.1) is 0 Å². The molecule has 2 N–H and O–H groups in total. The molecular weight excluding hydrogens is 387 g/mol. The Bertz CT molecular complexity index is 773. The highest BCUT2D eigenvalue weighted by molar-refractivity contribution is 5.89. The standard InChI is InChI=1S/C22H31FN4O3/c1-2-20(28)27-12-4-3-10-19(27)21(29)26-11-6-7-16(15-26)14-24-22(30)25-18-9-5-8-17(23)13-18/h5,8-9,13,16,19H,2-4,6-7,10-12,14-15H2,1H3,(H2,24,25,30). The molecule has 1 aromatic rings. The molecular formula is C22H31FN4O3. The number of hydrogen-bond donors (Lipinski definition) is 2. The molecule has 0 aliphatic carbocycles. The SMILES string of the molecule is CCC(=O)N1CCCCC1C(=O)N1CCCC(CNC(=O)Nc2cccc(F)c2)C1. The van der Waals surface area contributed by atoms with E-state index < -0.39 is 11.8 Å². The Balaban J connectivity index is 1.51. The smallest absolute Gasteiger partial charge is 0.319 e. The van der Waals surface area contributed by atoms with Crippen molar-refractivity contribution in [3.8, 4) is 0 Å². The molecule has 2 fully saturated rings. The van der Waals surface area contributed by atoms with Crippen molar-refractivity contribution in [1.29, 1.82) is 0 Å². The molecule has 1 aromatic carbocycles. The first-order valence-corrected chi connectivity index (χ1v) is 10.9. The molecule has 2 aliphatic heterocycles. The number of amides is 4. The van der Waals surface area contributed by atoms with Crippen molar-refractivity contribution in [3.05, 3.63) is 30.1 Å². The maximum Gasteiger partial charge on any atom is 0.319 e. The Labute approximate surface area is 177 Å². The Kier molecular flexibility index (Phi) is 7.65. The number of urea groups is 1. The summed E-state index contributed by atoms with van der Waals surface area (Å²) in [4.78, 5) is 41.1. The fraction of sp³-hybridized carbons (Fsp3) is 0.591. The van der Waals surface area contributed by atoms with Gasteiger partial charge in [-0.05, 0) is 56.2 Å². The molecule has 0 saturated carbocycles. The third-order valence-corrected chi connectivity index (χ3v) is 5.88. The number of nitrogens with one attached hydrogen (secondary N) is 2. The van der Waals surface area contributed by atoms with Crippen LogP contribution in [0.2, 0.25) is 0 Å². The van der Waals surface area contributed by atoms with E-state index in [1.807, 2.05) is 11.8 Å². The summed E-state index contributed by atoms with van der Waals surface area (Å²) in [5.41, 5.74) is 0.394. The predicted molar refractivity (Wildman–Crippen MR) is 112 cm³/mol. The van der Waals surface area contributed by atoms with Crippen molar-refractivity contribution in [2.24, 2.45) is 5.92 Å². The van der Waals surface area contributed by atoms with Gasteiger partial charge >= 0.3 is 6.03 Å². The largest absolute Gasteiger partial charge is 0.341 e. The minimum Gasteiger partial charge on any atom is -0.341 e. The third-order valence-electron chi connectivity index (χ3n) is 5.88. The van der Waals surface area contributed by atoms with E-state index in [2.05, 4.69) is 10.6 Å². The molecule has 2 saturated heterocycles. The summed E-state index contributed by atoms with van der Waals surface area (Å²) < 4.78 is 13.2. The van der Waals surface area contributed by atoms with Gasteiger partial charge in [0.05, 0.1) is 0 Å². The zero-order valence-electron chi connectivity index (χ0n) is 17.5. The van der Waals surface area contributed by atoms with Crippen molar-refractivity contribution in [1.82, 2.24) is 15.1 Å². The zero-order valence-corrected chi connectivity index (χ0v) is 17.5. The van der Waals surface area contributed by atoms with Crippen LogP contribution in [0.1, 0.15) is 45.4 Å². The number of likely N-dealkylation sites (tertiary alicyclic amines) is 2. The van der Waals surface area contributed by atoms with Crippen molar-refractivity contribution in [3.63, 3.8) is 0 Å². The van der Waals surface area contributed by atoms with E-state index >= 15 is 0 Å². The Morgan fingerprint density at radius 3 is 2.73 bits per heavy atom. The van der Waals surface area contributed by atoms with E-state index in [9.17, 15) is 18.8 Å². The molecule has 2 atom stereocenters. The first-order valence-electron chi connectivity index (χ1n) is 10.9. The average Bonchev–Trinajstić information content (AvgIpc) is 2.77. The van der Waals surface area contributed by atoms with Crippen LogP contribution in [0.25, 0.3) is 0 Å². The van der Waals surface area contributed by atoms with Crippen molar-refractivity contribution in [2.75, 3.05) is 31.5 Å². The number of carbonyl (C=O) groups excluding carboxylic acids is 3. The molecule has 2 unspecified atom stereocenters. The van der Waals surface area contributed by atoms with Crippen molar-refractivity contribution in [2.45, 2.75) is 51.5 Å². The van der Waals surface area contributed by atoms with Gasteiger partial charge in [0.25, 0.3) is 0 Å². The molecule has 0 bridgehead atoms. The number of piperidine rings is 2. The van der Waals surface area contributed by atoms with E-state index in [1.54, 1.807) is 11.0 Å². The van der Waals surface area contributed by atoms with Crippen LogP contribution < -0.4 is 10.6 Å². The average molecular weight is 419 g/mol. The van der Waals surface area contributed by atoms with Crippen molar-refractivity contribution < 1.29 is 18.8 Å². The molecule has 0 radical (unpaired) electrons. The van der Waals surface area contributed by atoms with Crippen LogP contribution in [0.5, 0.6) is 0 Å². The van der Waals surface area contributed by atoms with Crippen molar-refractivity contribution >= 4 is 23.5 Å². The molecule has 4 amide bonds. The van der Waals surface area contributed by atoms with Crippen LogP contribution in [0.3, 0.4) is 0 Å². The minimum absolute atomic E-state index is 0.0328. The van der Waals surface area contributed by atoms with Crippen LogP contribution in [0.15, 0.2) is 24.3 Å². The van der Waals surface area contributed by atoms with Crippen LogP contribution >= 0.6 is 0 Å². The van der Waals surface area contributed by atoms with E-state index in [0.29, 0.717) is 38.3 Å². The van der Waals surface area contributed by atoms with Crippen LogP contribution in [0.4, 0.5) is 14.9 Å². The number of hydrogen-bond acceptors (Lipinski definition) is 3. The number of rotatable bonds is 5. The number of halogens is 1. The fourth-order valence-electron chi connectivity index (χ4n) is 4.31. The number of benzene rings is 1. The summed E-state index contributed by atoms with van der Waals surface area (Å²) in [7, 11) is 0. The molecule has 8 heteroatoms. The Morgan fingerprint density at radius 2 is 1.97 bits per heavy atom. The molecule has 2 heterocycles. The quantitative estimate of drug-likeness (QED) is 0.771. The summed E-state index contributed by atoms with van der Waals surface area (Å²) in [5, 5.41) is 5.44. The van der Waals surface area contributed by atoms with Gasteiger partial charge in [-0.2, -0.15) is 0 Å². The van der Waals surface area contributed by atoms with Gasteiger partial charge < -0.3 is 20.4 Å². The van der Waals surface area contributed by atoms with Gasteiger partial charge in [0.2, 0.25) is 11.8 Å². The van der Waals surface area contributed by atoms with Gasteiger partial charge in [-0.25, -0.2) is 9.18 Å². The van der Waals surface area contributed by atoms with E-state index in [4.69, 9.17) is 0 Å². The fourth-order valence-corrected chi connectivity index (χ4v) is 4.31. The zero-order chi connectivity index (χ0) is 21.5. The second-order valence-electron chi connectivity index (χ2n) is 8.09. The highest BCUT2D eigenvalue weighted by Gasteiger charge is 2.35. The third kappa shape index (κ3) is 5.70. The highest BCUT2D eigenvalue weighted by Crippen LogP contribution is 2.23. The summed E-state index contributed by atoms with van der Waals surface area (Å²) in [6.45, 7) is 4.19. The van der Waals surface area contributed by atoms with Gasteiger partial charge in [0, 0.05) is 38.3 Å². The van der Waals surface area contributed by atoms with Gasteiger partial charge in [-0.3, -0.25) is 9.59 Å². The predicted octanol–water partition coefficient (Wildman–Crippen LogP) is 2.98. The number of carbonyl (C=O) groups is 3. The first-order chi connectivity index (χ1) is 14.5. The van der Waals surface area contributed by atoms with Crippen LogP contribution in [0, 0.1) is 11.7 Å². The van der Waals surface area contributed by atoms with Crippen LogP contribution in [-0.4, -0.2) is 59.9 Å². The van der Waals surface area contributed by atoms with E-state index in [-0.39, 0.29) is 23.8 Å². The lowest BCUT2D eigenvalue weighted by molar-refractivity contribution is -0.148. The van der Waals surface area contributed by atoms with Gasteiger partial charge in [0.1, 0.15) is 11.9 Å². The molecule has 3 rings (SSSR count). The molecule has 0 aromatic heterocycles. The summed E-state index contributed by atoms with van der Waals surface area (Å²) in [6, 6.07) is 4.99. The van der Waals surface area contributed by atoms with E-state index in [1.165, 1.54) is 18.2 Å². The second kappa shape index (κ2) is 10.4. The van der Waals surface area contributed by atoms with Gasteiger partial charge in [0.15, 0.2) is 0 Å². The minimum atomic E-state index is -0.410. The van der Waals surface area contributed by atoms with E-state index in [0.717, 1.165) is 32.1 Å². The normalized spacial score (nSPS) is 21.8. The highest BCUT2D eigenvalue weighted by atomic mass is 19.1. The maximum absolute atomic E-state index is 13.2. The Morgan fingerprint density at radius 1 is 1.13 bits per heavy atom. The summed E-state index contributed by atoms with van der Waals surface area (Å²) in [6.07, 6.45) is 4.84. The second-order valence-corrected chi connectivity index (χ2v) is 8.09. The molecule has 164 valence electrons. The monoisotopic (exact) mass is 418 g/mol. The Hall–Kier alpha value is -2.64. The molecule has 2 aliphatic rings. The number of nitrogens with zero attached hydrogens (tertiary/aromatic N) is 2. The van der Waals surface area contributed by atoms with Gasteiger partial charge in [-0.1, -0.05) is 13.0 Å². The van der Waals surface area contributed by atoms with Crippen LogP contribution in [-0.2, 0) is 9.59 Å². The lowest BCUT2D eigenvalue weighted by Gasteiger charge is -2.40.